The highest BCUT2D eigenvalue weighted by Gasteiger charge is 2.17. The van der Waals surface area contributed by atoms with Gasteiger partial charge in [0.25, 0.3) is 5.91 Å². The van der Waals surface area contributed by atoms with E-state index in [1.54, 1.807) is 19.1 Å². The Bertz CT molecular complexity index is 676. The molecule has 2 rings (SSSR count). The fraction of sp³-hybridized carbons (Fsp3) is 0.222. The highest BCUT2D eigenvalue weighted by molar-refractivity contribution is 8.00. The number of nitrogens with one attached hydrogen (secondary N) is 1. The Hall–Kier alpha value is -1.98. The van der Waals surface area contributed by atoms with Crippen LogP contribution in [-0.4, -0.2) is 23.7 Å². The summed E-state index contributed by atoms with van der Waals surface area (Å²) in [5.41, 5.74) is 0.923. The third-order valence-corrected chi connectivity index (χ3v) is 4.48. The van der Waals surface area contributed by atoms with Crippen LogP contribution in [0, 0.1) is 0 Å². The number of hydrogen-bond acceptors (Lipinski definition) is 4. The van der Waals surface area contributed by atoms with Crippen molar-refractivity contribution in [2.75, 3.05) is 6.61 Å². The molecule has 2 aromatic rings. The number of carbonyl (C=O) groups excluding carboxylic acids is 2. The summed E-state index contributed by atoms with van der Waals surface area (Å²) in [5.74, 6) is -0.749. The van der Waals surface area contributed by atoms with Gasteiger partial charge in [0.2, 0.25) is 0 Å². The summed E-state index contributed by atoms with van der Waals surface area (Å²) in [6, 6.07) is 16.7. The van der Waals surface area contributed by atoms with E-state index in [1.807, 2.05) is 42.5 Å². The number of esters is 1. The molecule has 1 N–H and O–H groups in total. The van der Waals surface area contributed by atoms with Gasteiger partial charge < -0.3 is 10.1 Å². The summed E-state index contributed by atoms with van der Waals surface area (Å²) < 4.78 is 5.05. The van der Waals surface area contributed by atoms with Crippen LogP contribution in [-0.2, 0) is 20.9 Å². The lowest BCUT2D eigenvalue weighted by atomic mass is 10.2. The van der Waals surface area contributed by atoms with Crippen molar-refractivity contribution in [2.45, 2.75) is 23.6 Å². The van der Waals surface area contributed by atoms with E-state index in [1.165, 1.54) is 11.8 Å². The SMILES string of the molecule is C[C@@H](Sc1ccccc1)C(=O)OCC(=O)NCc1ccc(Cl)cc1. The van der Waals surface area contributed by atoms with Crippen LogP contribution in [0.15, 0.2) is 59.5 Å². The highest BCUT2D eigenvalue weighted by atomic mass is 35.5. The first-order valence-corrected chi connectivity index (χ1v) is 8.70. The zero-order valence-corrected chi connectivity index (χ0v) is 14.8. The van der Waals surface area contributed by atoms with Crippen molar-refractivity contribution in [1.82, 2.24) is 5.32 Å². The molecular formula is C18H18ClNO3S. The van der Waals surface area contributed by atoms with E-state index in [2.05, 4.69) is 5.32 Å². The second-order valence-electron chi connectivity index (χ2n) is 5.08. The van der Waals surface area contributed by atoms with Crippen LogP contribution >= 0.6 is 23.4 Å². The van der Waals surface area contributed by atoms with E-state index in [-0.39, 0.29) is 17.8 Å². The van der Waals surface area contributed by atoms with Crippen LogP contribution in [0.2, 0.25) is 5.02 Å². The summed E-state index contributed by atoms with van der Waals surface area (Å²) >= 11 is 7.20. The number of ether oxygens (including phenoxy) is 1. The van der Waals surface area contributed by atoms with Crippen molar-refractivity contribution in [1.29, 1.82) is 0 Å². The minimum absolute atomic E-state index is 0.286. The molecule has 0 aliphatic rings. The van der Waals surface area contributed by atoms with Gasteiger partial charge in [0, 0.05) is 16.5 Å². The van der Waals surface area contributed by atoms with Crippen LogP contribution in [0.5, 0.6) is 0 Å². The molecule has 0 aliphatic carbocycles. The second-order valence-corrected chi connectivity index (χ2v) is 6.93. The molecule has 0 bridgehead atoms. The van der Waals surface area contributed by atoms with E-state index < -0.39 is 5.97 Å². The third kappa shape index (κ3) is 6.26. The summed E-state index contributed by atoms with van der Waals surface area (Å²) in [7, 11) is 0. The maximum Gasteiger partial charge on any atom is 0.319 e. The number of hydrogen-bond donors (Lipinski definition) is 1. The lowest BCUT2D eigenvalue weighted by Gasteiger charge is -2.11. The van der Waals surface area contributed by atoms with Crippen molar-refractivity contribution < 1.29 is 14.3 Å². The van der Waals surface area contributed by atoms with Gasteiger partial charge in [0.1, 0.15) is 5.25 Å². The lowest BCUT2D eigenvalue weighted by molar-refractivity contribution is -0.147. The summed E-state index contributed by atoms with van der Waals surface area (Å²) in [6.07, 6.45) is 0. The number of thioether (sulfide) groups is 1. The fourth-order valence-corrected chi connectivity index (χ4v) is 2.87. The van der Waals surface area contributed by atoms with Gasteiger partial charge in [-0.1, -0.05) is 41.9 Å². The van der Waals surface area contributed by atoms with Crippen LogP contribution < -0.4 is 5.32 Å². The van der Waals surface area contributed by atoms with Crippen LogP contribution in [0.1, 0.15) is 12.5 Å². The van der Waals surface area contributed by atoms with Crippen LogP contribution in [0.4, 0.5) is 0 Å². The molecule has 0 saturated heterocycles. The topological polar surface area (TPSA) is 55.4 Å². The number of benzene rings is 2. The molecule has 0 unspecified atom stereocenters. The van der Waals surface area contributed by atoms with Crippen molar-refractivity contribution in [3.05, 3.63) is 65.2 Å². The molecule has 0 heterocycles. The standard InChI is InChI=1S/C18H18ClNO3S/c1-13(24-16-5-3-2-4-6-16)18(22)23-12-17(21)20-11-14-7-9-15(19)10-8-14/h2-10,13H,11-12H2,1H3,(H,20,21)/t13-/m1/s1. The molecule has 0 spiro atoms. The number of carbonyl (C=O) groups is 2. The molecule has 0 fully saturated rings. The minimum Gasteiger partial charge on any atom is -0.455 e. The predicted molar refractivity (Wildman–Crippen MR) is 96.0 cm³/mol. The Morgan fingerprint density at radius 1 is 1.12 bits per heavy atom. The lowest BCUT2D eigenvalue weighted by Crippen LogP contribution is -2.30. The first-order valence-electron chi connectivity index (χ1n) is 7.44. The molecule has 4 nitrogen and oxygen atoms in total. The highest BCUT2D eigenvalue weighted by Crippen LogP contribution is 2.23. The van der Waals surface area contributed by atoms with Crippen molar-refractivity contribution in [3.63, 3.8) is 0 Å². The normalized spacial score (nSPS) is 11.6. The van der Waals surface area contributed by atoms with Gasteiger partial charge in [0.15, 0.2) is 6.61 Å². The van der Waals surface area contributed by atoms with Gasteiger partial charge in [-0.2, -0.15) is 0 Å². The number of halogens is 1. The molecular weight excluding hydrogens is 346 g/mol. The molecule has 126 valence electrons. The van der Waals surface area contributed by atoms with Crippen molar-refractivity contribution in [3.8, 4) is 0 Å². The van der Waals surface area contributed by atoms with Gasteiger partial charge in [-0.25, -0.2) is 0 Å². The van der Waals surface area contributed by atoms with Crippen molar-refractivity contribution in [2.24, 2.45) is 0 Å². The number of amides is 1. The van der Waals surface area contributed by atoms with E-state index in [0.29, 0.717) is 11.6 Å². The van der Waals surface area contributed by atoms with Gasteiger partial charge in [-0.3, -0.25) is 9.59 Å². The van der Waals surface area contributed by atoms with Gasteiger partial charge in [-0.05, 0) is 36.8 Å². The maximum atomic E-state index is 11.9. The predicted octanol–water partition coefficient (Wildman–Crippen LogP) is 3.68. The summed E-state index contributed by atoms with van der Waals surface area (Å²) in [6.45, 7) is 1.83. The maximum absolute atomic E-state index is 11.9. The first-order chi connectivity index (χ1) is 11.5. The number of rotatable bonds is 7. The molecule has 6 heteroatoms. The zero-order chi connectivity index (χ0) is 17.4. The average molecular weight is 364 g/mol. The molecule has 0 aliphatic heterocycles. The first kappa shape index (κ1) is 18.4. The third-order valence-electron chi connectivity index (χ3n) is 3.14. The molecule has 1 atom stereocenters. The van der Waals surface area contributed by atoms with E-state index in [4.69, 9.17) is 16.3 Å². The van der Waals surface area contributed by atoms with Crippen LogP contribution in [0.3, 0.4) is 0 Å². The molecule has 2 aromatic carbocycles. The summed E-state index contributed by atoms with van der Waals surface area (Å²) in [5, 5.41) is 2.96. The van der Waals surface area contributed by atoms with Gasteiger partial charge in [-0.15, -0.1) is 11.8 Å². The quantitative estimate of drug-likeness (QED) is 0.602. The Labute approximate surface area is 150 Å². The molecule has 1 amide bonds. The van der Waals surface area contributed by atoms with Crippen LogP contribution in [0.25, 0.3) is 0 Å². The largest absolute Gasteiger partial charge is 0.455 e. The monoisotopic (exact) mass is 363 g/mol. The average Bonchev–Trinajstić information content (AvgIpc) is 2.60. The molecule has 0 aromatic heterocycles. The smallest absolute Gasteiger partial charge is 0.319 e. The second kappa shape index (κ2) is 9.35. The Kier molecular flexibility index (Phi) is 7.15. The molecule has 0 radical (unpaired) electrons. The Morgan fingerprint density at radius 2 is 1.79 bits per heavy atom. The Balaban J connectivity index is 1.70. The van der Waals surface area contributed by atoms with E-state index in [0.717, 1.165) is 10.5 Å². The minimum atomic E-state index is -0.412. The zero-order valence-electron chi connectivity index (χ0n) is 13.2. The molecule has 0 saturated carbocycles. The van der Waals surface area contributed by atoms with E-state index in [9.17, 15) is 9.59 Å². The van der Waals surface area contributed by atoms with Crippen molar-refractivity contribution >= 4 is 35.2 Å². The fourth-order valence-electron chi connectivity index (χ4n) is 1.86. The van der Waals surface area contributed by atoms with E-state index >= 15 is 0 Å². The summed E-state index contributed by atoms with van der Waals surface area (Å²) in [4.78, 5) is 24.7. The van der Waals surface area contributed by atoms with Gasteiger partial charge in [0.05, 0.1) is 0 Å². The molecule has 24 heavy (non-hydrogen) atoms. The van der Waals surface area contributed by atoms with Gasteiger partial charge >= 0.3 is 5.97 Å². The Morgan fingerprint density at radius 3 is 2.46 bits per heavy atom.